The largest absolute Gasteiger partial charge is 0.394 e. The molecular formula is C15H21NO2S. The van der Waals surface area contributed by atoms with Crippen molar-refractivity contribution in [2.24, 2.45) is 5.92 Å². The second-order valence-electron chi connectivity index (χ2n) is 5.15. The number of rotatable bonds is 4. The van der Waals surface area contributed by atoms with Crippen LogP contribution in [0, 0.1) is 5.92 Å². The topological polar surface area (TPSA) is 40.5 Å². The number of nitrogens with zero attached hydrogens (tertiary/aromatic N) is 1. The summed E-state index contributed by atoms with van der Waals surface area (Å²) in [6.07, 6.45) is 3.03. The summed E-state index contributed by atoms with van der Waals surface area (Å²) in [5.41, 5.74) is 1.91. The molecule has 1 aromatic rings. The van der Waals surface area contributed by atoms with Crippen LogP contribution in [0.4, 0.5) is 0 Å². The third-order valence-electron chi connectivity index (χ3n) is 3.82. The summed E-state index contributed by atoms with van der Waals surface area (Å²) in [4.78, 5) is 14.3. The molecule has 1 amide bonds. The van der Waals surface area contributed by atoms with Crippen molar-refractivity contribution >= 4 is 17.7 Å². The molecule has 2 unspecified atom stereocenters. The molecule has 1 aliphatic rings. The Morgan fingerprint density at radius 3 is 3.00 bits per heavy atom. The van der Waals surface area contributed by atoms with E-state index in [1.807, 2.05) is 29.2 Å². The molecule has 1 saturated heterocycles. The van der Waals surface area contributed by atoms with Gasteiger partial charge in [-0.05, 0) is 36.3 Å². The summed E-state index contributed by atoms with van der Waals surface area (Å²) < 4.78 is 0. The van der Waals surface area contributed by atoms with Crippen molar-refractivity contribution in [3.8, 4) is 0 Å². The van der Waals surface area contributed by atoms with Gasteiger partial charge in [0.15, 0.2) is 0 Å². The number of benzene rings is 1. The van der Waals surface area contributed by atoms with E-state index in [0.717, 1.165) is 24.3 Å². The summed E-state index contributed by atoms with van der Waals surface area (Å²) in [6.45, 7) is 2.90. The summed E-state index contributed by atoms with van der Waals surface area (Å²) in [5.74, 6) is 1.34. The molecule has 4 heteroatoms. The Hall–Kier alpha value is -1.00. The van der Waals surface area contributed by atoms with Crippen molar-refractivity contribution in [2.45, 2.75) is 25.1 Å². The van der Waals surface area contributed by atoms with Crippen LogP contribution in [0.25, 0.3) is 0 Å². The van der Waals surface area contributed by atoms with E-state index in [9.17, 15) is 9.90 Å². The van der Waals surface area contributed by atoms with Gasteiger partial charge in [-0.25, -0.2) is 0 Å². The van der Waals surface area contributed by atoms with Crippen LogP contribution in [0.5, 0.6) is 0 Å². The van der Waals surface area contributed by atoms with Gasteiger partial charge in [0.25, 0.3) is 5.91 Å². The van der Waals surface area contributed by atoms with E-state index in [0.29, 0.717) is 5.92 Å². The second-order valence-corrected chi connectivity index (χ2v) is 6.01. The Kier molecular flexibility index (Phi) is 4.88. The molecule has 19 heavy (non-hydrogen) atoms. The van der Waals surface area contributed by atoms with Crippen molar-refractivity contribution in [2.75, 3.05) is 19.4 Å². The first-order chi connectivity index (χ1) is 9.17. The Bertz CT molecular complexity index is 450. The molecule has 0 bridgehead atoms. The van der Waals surface area contributed by atoms with E-state index in [1.165, 1.54) is 5.56 Å². The van der Waals surface area contributed by atoms with Crippen LogP contribution in [0.2, 0.25) is 0 Å². The first-order valence-electron chi connectivity index (χ1n) is 6.67. The molecule has 1 N–H and O–H groups in total. The predicted molar refractivity (Wildman–Crippen MR) is 79.4 cm³/mol. The van der Waals surface area contributed by atoms with Gasteiger partial charge in [-0.3, -0.25) is 4.79 Å². The number of carbonyl (C=O) groups excluding carboxylic acids is 1. The highest BCUT2D eigenvalue weighted by Gasteiger charge is 2.34. The van der Waals surface area contributed by atoms with Crippen LogP contribution in [-0.2, 0) is 5.75 Å². The lowest BCUT2D eigenvalue weighted by Gasteiger charge is -2.25. The third kappa shape index (κ3) is 3.12. The first kappa shape index (κ1) is 14.4. The first-order valence-corrected chi connectivity index (χ1v) is 8.06. The summed E-state index contributed by atoms with van der Waals surface area (Å²) >= 11 is 1.75. The molecule has 0 radical (unpaired) electrons. The van der Waals surface area contributed by atoms with E-state index in [4.69, 9.17) is 0 Å². The molecule has 2 rings (SSSR count). The number of hydrogen-bond acceptors (Lipinski definition) is 3. The molecule has 1 aromatic carbocycles. The molecular weight excluding hydrogens is 258 g/mol. The van der Waals surface area contributed by atoms with Crippen LogP contribution in [0.1, 0.15) is 29.3 Å². The van der Waals surface area contributed by atoms with E-state index in [2.05, 4.69) is 13.2 Å². The molecule has 2 atom stereocenters. The zero-order valence-corrected chi connectivity index (χ0v) is 12.3. The van der Waals surface area contributed by atoms with Gasteiger partial charge >= 0.3 is 0 Å². The molecule has 0 spiro atoms. The van der Waals surface area contributed by atoms with Gasteiger partial charge in [-0.2, -0.15) is 11.8 Å². The van der Waals surface area contributed by atoms with Gasteiger partial charge in [0.1, 0.15) is 0 Å². The quantitative estimate of drug-likeness (QED) is 0.920. The fraction of sp³-hybridized carbons (Fsp3) is 0.533. The highest BCUT2D eigenvalue weighted by Crippen LogP contribution is 2.25. The predicted octanol–water partition coefficient (Wildman–Crippen LogP) is 2.39. The van der Waals surface area contributed by atoms with Crippen molar-refractivity contribution in [3.05, 3.63) is 35.4 Å². The molecule has 0 saturated carbocycles. The maximum atomic E-state index is 12.5. The van der Waals surface area contributed by atoms with Crippen molar-refractivity contribution in [3.63, 3.8) is 0 Å². The molecule has 1 fully saturated rings. The van der Waals surface area contributed by atoms with Crippen molar-refractivity contribution in [1.29, 1.82) is 0 Å². The lowest BCUT2D eigenvalue weighted by atomic mass is 10.0. The molecule has 1 aliphatic heterocycles. The van der Waals surface area contributed by atoms with Gasteiger partial charge in [-0.15, -0.1) is 0 Å². The number of hydrogen-bond donors (Lipinski definition) is 1. The van der Waals surface area contributed by atoms with E-state index in [1.54, 1.807) is 11.8 Å². The smallest absolute Gasteiger partial charge is 0.254 e. The molecule has 0 aromatic heterocycles. The van der Waals surface area contributed by atoms with Crippen LogP contribution < -0.4 is 0 Å². The number of carbonyl (C=O) groups is 1. The van der Waals surface area contributed by atoms with Gasteiger partial charge in [-0.1, -0.05) is 19.1 Å². The minimum absolute atomic E-state index is 0.0308. The normalized spacial score (nSPS) is 22.8. The van der Waals surface area contributed by atoms with E-state index < -0.39 is 0 Å². The lowest BCUT2D eigenvalue weighted by molar-refractivity contribution is 0.0648. The standard InChI is InChI=1S/C15H21NO2S/c1-11-6-7-16(14(11)9-17)15(18)13-5-3-4-12(8-13)10-19-2/h3-5,8,11,14,17H,6-7,9-10H2,1-2H3. The summed E-state index contributed by atoms with van der Waals surface area (Å²) in [7, 11) is 0. The summed E-state index contributed by atoms with van der Waals surface area (Å²) in [5, 5.41) is 9.44. The average Bonchev–Trinajstić information content (AvgIpc) is 2.79. The molecule has 104 valence electrons. The molecule has 3 nitrogen and oxygen atoms in total. The number of thioether (sulfide) groups is 1. The van der Waals surface area contributed by atoms with E-state index >= 15 is 0 Å². The Labute approximate surface area is 119 Å². The SMILES string of the molecule is CSCc1cccc(C(=O)N2CCC(C)C2CO)c1. The zero-order valence-electron chi connectivity index (χ0n) is 11.5. The van der Waals surface area contributed by atoms with Crippen LogP contribution >= 0.6 is 11.8 Å². The van der Waals surface area contributed by atoms with Crippen LogP contribution in [0.3, 0.4) is 0 Å². The lowest BCUT2D eigenvalue weighted by Crippen LogP contribution is -2.39. The fourth-order valence-corrected chi connectivity index (χ4v) is 3.18. The summed E-state index contributed by atoms with van der Waals surface area (Å²) in [6, 6.07) is 7.78. The monoisotopic (exact) mass is 279 g/mol. The van der Waals surface area contributed by atoms with Crippen LogP contribution in [0.15, 0.2) is 24.3 Å². The van der Waals surface area contributed by atoms with Crippen molar-refractivity contribution in [1.82, 2.24) is 4.90 Å². The van der Waals surface area contributed by atoms with Crippen LogP contribution in [-0.4, -0.2) is 41.4 Å². The highest BCUT2D eigenvalue weighted by atomic mass is 32.2. The number of aliphatic hydroxyl groups excluding tert-OH is 1. The average molecular weight is 279 g/mol. The molecule has 0 aliphatic carbocycles. The Morgan fingerprint density at radius 2 is 2.32 bits per heavy atom. The number of aliphatic hydroxyl groups is 1. The minimum Gasteiger partial charge on any atom is -0.394 e. The minimum atomic E-state index is -0.0308. The van der Waals surface area contributed by atoms with Gasteiger partial charge in [0.05, 0.1) is 12.6 Å². The molecule has 1 heterocycles. The maximum absolute atomic E-state index is 12.5. The third-order valence-corrected chi connectivity index (χ3v) is 4.44. The zero-order chi connectivity index (χ0) is 13.8. The number of likely N-dealkylation sites (tertiary alicyclic amines) is 1. The Balaban J connectivity index is 2.17. The van der Waals surface area contributed by atoms with Gasteiger partial charge in [0.2, 0.25) is 0 Å². The number of amides is 1. The highest BCUT2D eigenvalue weighted by molar-refractivity contribution is 7.97. The van der Waals surface area contributed by atoms with Gasteiger partial charge in [0, 0.05) is 17.9 Å². The maximum Gasteiger partial charge on any atom is 0.254 e. The fourth-order valence-electron chi connectivity index (χ4n) is 2.67. The Morgan fingerprint density at radius 1 is 1.53 bits per heavy atom. The van der Waals surface area contributed by atoms with E-state index in [-0.39, 0.29) is 18.6 Å². The van der Waals surface area contributed by atoms with Crippen molar-refractivity contribution < 1.29 is 9.90 Å². The second kappa shape index (κ2) is 6.44. The van der Waals surface area contributed by atoms with Gasteiger partial charge < -0.3 is 10.0 Å².